The molecular formula is C29H32N8O4. The number of amides is 3. The SMILES string of the molecule is C[C@@H](CC1(c2n[nH]c(=O)[nH]2)c2ccc(C(N)=O)cc2CCc2cc(C(N)=O)ccc21)NCC(=O)N1CCC[C@H]1C#N. The number of aromatic nitrogens is 3. The number of primary amides is 2. The Kier molecular flexibility index (Phi) is 7.47. The molecule has 2 atom stereocenters. The molecule has 7 N–H and O–H groups in total. The van der Waals surface area contributed by atoms with Crippen molar-refractivity contribution < 1.29 is 14.4 Å². The quantitative estimate of drug-likeness (QED) is 0.267. The van der Waals surface area contributed by atoms with E-state index in [2.05, 4.69) is 26.6 Å². The van der Waals surface area contributed by atoms with Crippen LogP contribution in [0.2, 0.25) is 0 Å². The summed E-state index contributed by atoms with van der Waals surface area (Å²) in [6, 6.07) is 12.0. The highest BCUT2D eigenvalue weighted by Gasteiger charge is 2.45. The number of nitrogens with one attached hydrogen (secondary N) is 3. The van der Waals surface area contributed by atoms with Gasteiger partial charge in [-0.05, 0) is 85.5 Å². The van der Waals surface area contributed by atoms with E-state index in [0.717, 1.165) is 28.7 Å². The van der Waals surface area contributed by atoms with Crippen molar-refractivity contribution >= 4 is 17.7 Å². The molecule has 12 heteroatoms. The first-order valence-electron chi connectivity index (χ1n) is 13.6. The van der Waals surface area contributed by atoms with Gasteiger partial charge in [-0.25, -0.2) is 9.89 Å². The van der Waals surface area contributed by atoms with Crippen molar-refractivity contribution in [2.75, 3.05) is 13.1 Å². The van der Waals surface area contributed by atoms with Gasteiger partial charge in [0.15, 0.2) is 0 Å². The molecule has 1 aliphatic heterocycles. The number of hydrogen-bond donors (Lipinski definition) is 5. The molecule has 2 heterocycles. The molecule has 5 rings (SSSR count). The second-order valence-electron chi connectivity index (χ2n) is 10.8. The van der Waals surface area contributed by atoms with Crippen molar-refractivity contribution in [3.8, 4) is 6.07 Å². The number of hydrogen-bond acceptors (Lipinski definition) is 7. The van der Waals surface area contributed by atoms with Crippen molar-refractivity contribution in [3.05, 3.63) is 86.1 Å². The summed E-state index contributed by atoms with van der Waals surface area (Å²) in [6.45, 7) is 2.52. The fourth-order valence-corrected chi connectivity index (χ4v) is 6.29. The Bertz CT molecular complexity index is 1550. The van der Waals surface area contributed by atoms with Gasteiger partial charge in [-0.2, -0.15) is 10.4 Å². The lowest BCUT2D eigenvalue weighted by molar-refractivity contribution is -0.130. The van der Waals surface area contributed by atoms with Gasteiger partial charge in [0.2, 0.25) is 17.7 Å². The Morgan fingerprint density at radius 2 is 1.73 bits per heavy atom. The van der Waals surface area contributed by atoms with E-state index in [1.807, 2.05) is 19.1 Å². The van der Waals surface area contributed by atoms with Gasteiger partial charge in [-0.3, -0.25) is 19.4 Å². The molecule has 12 nitrogen and oxygen atoms in total. The molecule has 0 bridgehead atoms. The lowest BCUT2D eigenvalue weighted by Gasteiger charge is -2.37. The van der Waals surface area contributed by atoms with Crippen LogP contribution >= 0.6 is 0 Å². The molecule has 3 aromatic rings. The maximum Gasteiger partial charge on any atom is 0.340 e. The van der Waals surface area contributed by atoms with E-state index in [-0.39, 0.29) is 18.5 Å². The van der Waals surface area contributed by atoms with Crippen molar-refractivity contribution in [1.29, 1.82) is 5.26 Å². The van der Waals surface area contributed by atoms with Crippen LogP contribution in [-0.4, -0.2) is 63.0 Å². The summed E-state index contributed by atoms with van der Waals surface area (Å²) in [6.07, 6.45) is 2.89. The van der Waals surface area contributed by atoms with Gasteiger partial charge < -0.3 is 21.7 Å². The Labute approximate surface area is 236 Å². The van der Waals surface area contributed by atoms with Crippen LogP contribution in [-0.2, 0) is 23.1 Å². The third-order valence-corrected chi connectivity index (χ3v) is 8.20. The fourth-order valence-electron chi connectivity index (χ4n) is 6.29. The molecule has 41 heavy (non-hydrogen) atoms. The second-order valence-corrected chi connectivity index (χ2v) is 10.8. The van der Waals surface area contributed by atoms with E-state index in [0.29, 0.717) is 49.2 Å². The first kappa shape index (κ1) is 27.8. The molecule has 1 aliphatic carbocycles. The van der Waals surface area contributed by atoms with Crippen molar-refractivity contribution in [2.24, 2.45) is 11.5 Å². The smallest absolute Gasteiger partial charge is 0.340 e. The normalized spacial score (nSPS) is 18.0. The average molecular weight is 557 g/mol. The summed E-state index contributed by atoms with van der Waals surface area (Å²) < 4.78 is 0. The number of rotatable bonds is 8. The largest absolute Gasteiger partial charge is 0.366 e. The number of aromatic amines is 2. The highest BCUT2D eigenvalue weighted by Crippen LogP contribution is 2.46. The number of nitriles is 1. The first-order chi connectivity index (χ1) is 19.6. The van der Waals surface area contributed by atoms with E-state index >= 15 is 0 Å². The van der Waals surface area contributed by atoms with E-state index in [4.69, 9.17) is 11.5 Å². The van der Waals surface area contributed by atoms with Crippen LogP contribution in [0, 0.1) is 11.3 Å². The number of likely N-dealkylation sites (tertiary alicyclic amines) is 1. The third kappa shape index (κ3) is 5.12. The summed E-state index contributed by atoms with van der Waals surface area (Å²) in [4.78, 5) is 54.0. The lowest BCUT2D eigenvalue weighted by Crippen LogP contribution is -2.45. The Hall–Kier alpha value is -4.76. The minimum atomic E-state index is -1.04. The molecule has 0 spiro atoms. The molecule has 2 aromatic carbocycles. The Morgan fingerprint density at radius 1 is 1.12 bits per heavy atom. The summed E-state index contributed by atoms with van der Waals surface area (Å²) in [5.41, 5.74) is 13.7. The molecule has 0 unspecified atom stereocenters. The van der Waals surface area contributed by atoms with E-state index in [1.54, 1.807) is 29.2 Å². The standard InChI is InChI=1S/C29H32N8O4/c1-16(33-15-24(38)37-10-2-3-21(37)14-30)13-29(27-34-28(41)36-35-27)22-8-6-19(25(31)39)11-17(22)4-5-18-12-20(26(32)40)7-9-23(18)29/h6-9,11-12,16,21,33H,2-5,10,13,15H2,1H3,(H2,31,39)(H2,32,40)(H2,34,35,36,41)/t16-,21-/m0/s1. The van der Waals surface area contributed by atoms with Gasteiger partial charge in [0, 0.05) is 23.7 Å². The molecule has 3 amide bonds. The molecule has 212 valence electrons. The van der Waals surface area contributed by atoms with Crippen LogP contribution in [0.4, 0.5) is 0 Å². The molecule has 1 saturated heterocycles. The van der Waals surface area contributed by atoms with Crippen LogP contribution in [0.3, 0.4) is 0 Å². The number of H-pyrrole nitrogens is 2. The Morgan fingerprint density at radius 3 is 2.24 bits per heavy atom. The predicted molar refractivity (Wildman–Crippen MR) is 149 cm³/mol. The third-order valence-electron chi connectivity index (χ3n) is 8.20. The monoisotopic (exact) mass is 556 g/mol. The summed E-state index contributed by atoms with van der Waals surface area (Å²) in [5, 5.41) is 19.6. The first-order valence-corrected chi connectivity index (χ1v) is 13.6. The minimum absolute atomic E-state index is 0.0352. The zero-order valence-electron chi connectivity index (χ0n) is 22.7. The molecule has 1 fully saturated rings. The van der Waals surface area contributed by atoms with Crippen LogP contribution in [0.25, 0.3) is 0 Å². The molecule has 1 aromatic heterocycles. The van der Waals surface area contributed by atoms with Crippen LogP contribution in [0.5, 0.6) is 0 Å². The number of nitrogens with two attached hydrogens (primary N) is 2. The van der Waals surface area contributed by atoms with Crippen molar-refractivity contribution in [3.63, 3.8) is 0 Å². The van der Waals surface area contributed by atoms with Crippen molar-refractivity contribution in [1.82, 2.24) is 25.4 Å². The second kappa shape index (κ2) is 11.0. The number of nitrogens with zero attached hydrogens (tertiary/aromatic N) is 3. The lowest BCUT2D eigenvalue weighted by atomic mass is 9.67. The highest BCUT2D eigenvalue weighted by molar-refractivity contribution is 5.94. The molecule has 2 aliphatic rings. The fraction of sp³-hybridized carbons (Fsp3) is 0.379. The number of carbonyl (C=O) groups excluding carboxylic acids is 3. The number of fused-ring (bicyclic) bond motifs is 2. The van der Waals surface area contributed by atoms with Gasteiger partial charge in [-0.15, -0.1) is 0 Å². The van der Waals surface area contributed by atoms with Gasteiger partial charge >= 0.3 is 5.69 Å². The molecular weight excluding hydrogens is 524 g/mol. The van der Waals surface area contributed by atoms with E-state index in [1.165, 1.54) is 0 Å². The highest BCUT2D eigenvalue weighted by atomic mass is 16.2. The van der Waals surface area contributed by atoms with Crippen LogP contribution < -0.4 is 22.5 Å². The maximum absolute atomic E-state index is 13.0. The average Bonchev–Trinajstić information content (AvgIpc) is 3.60. The molecule has 0 radical (unpaired) electrons. The van der Waals surface area contributed by atoms with Gasteiger partial charge in [-0.1, -0.05) is 12.1 Å². The van der Waals surface area contributed by atoms with Gasteiger partial charge in [0.25, 0.3) is 0 Å². The topological polar surface area (TPSA) is 204 Å². The number of aryl methyl sites for hydroxylation is 2. The van der Waals surface area contributed by atoms with E-state index in [9.17, 15) is 24.4 Å². The van der Waals surface area contributed by atoms with Crippen molar-refractivity contribution in [2.45, 2.75) is 56.5 Å². The number of benzene rings is 2. The Balaban J connectivity index is 1.61. The minimum Gasteiger partial charge on any atom is -0.366 e. The van der Waals surface area contributed by atoms with Crippen LogP contribution in [0.1, 0.15) is 75.0 Å². The molecule has 0 saturated carbocycles. The van der Waals surface area contributed by atoms with Gasteiger partial charge in [0.05, 0.1) is 18.0 Å². The van der Waals surface area contributed by atoms with Crippen LogP contribution in [0.15, 0.2) is 41.2 Å². The van der Waals surface area contributed by atoms with E-state index < -0.39 is 29.0 Å². The zero-order chi connectivity index (χ0) is 29.3. The summed E-state index contributed by atoms with van der Waals surface area (Å²) in [5.74, 6) is -0.914. The zero-order valence-corrected chi connectivity index (χ0v) is 22.7. The summed E-state index contributed by atoms with van der Waals surface area (Å²) in [7, 11) is 0. The predicted octanol–water partition coefficient (Wildman–Crippen LogP) is 0.612. The maximum atomic E-state index is 13.0. The number of carbonyl (C=O) groups is 3. The van der Waals surface area contributed by atoms with Gasteiger partial charge in [0.1, 0.15) is 11.9 Å². The summed E-state index contributed by atoms with van der Waals surface area (Å²) >= 11 is 0.